The normalized spacial score (nSPS) is 28.5. The smallest absolute Gasteiger partial charge is 0.200 e. The van der Waals surface area contributed by atoms with Crippen LogP contribution in [-0.4, -0.2) is 10.7 Å². The van der Waals surface area contributed by atoms with E-state index in [0.717, 1.165) is 30.9 Å². The minimum atomic E-state index is -0.870. The van der Waals surface area contributed by atoms with Crippen LogP contribution in [0.1, 0.15) is 33.6 Å². The first-order valence-electron chi connectivity index (χ1n) is 5.29. The van der Waals surface area contributed by atoms with Crippen molar-refractivity contribution in [2.24, 2.45) is 5.41 Å². The average Bonchev–Trinajstić information content (AvgIpc) is 2.22. The van der Waals surface area contributed by atoms with Gasteiger partial charge in [-0.25, -0.2) is 0 Å². The summed E-state index contributed by atoms with van der Waals surface area (Å²) in [5, 5.41) is 8.50. The summed E-state index contributed by atoms with van der Waals surface area (Å²) in [6.07, 6.45) is 11.4. The Morgan fingerprint density at radius 2 is 2.25 bits per heavy atom. The molecule has 3 nitrogen and oxygen atoms in total. The lowest BCUT2D eigenvalue weighted by atomic mass is 9.65. The van der Waals surface area contributed by atoms with E-state index in [2.05, 4.69) is 25.8 Å². The van der Waals surface area contributed by atoms with Crippen molar-refractivity contribution in [3.63, 3.8) is 0 Å². The number of allylic oxidation sites excluding steroid dienone is 1. The van der Waals surface area contributed by atoms with Crippen LogP contribution in [0.4, 0.5) is 0 Å². The minimum Gasteiger partial charge on any atom is -0.512 e. The van der Waals surface area contributed by atoms with Crippen molar-refractivity contribution in [1.82, 2.24) is 0 Å². The summed E-state index contributed by atoms with van der Waals surface area (Å²) in [7, 11) is 0. The van der Waals surface area contributed by atoms with Crippen LogP contribution in [0.2, 0.25) is 0 Å². The lowest BCUT2D eigenvalue weighted by molar-refractivity contribution is -0.323. The van der Waals surface area contributed by atoms with E-state index in [0.29, 0.717) is 0 Å². The fourth-order valence-electron chi connectivity index (χ4n) is 2.14. The molecule has 0 aromatic heterocycles. The SMILES string of the molecule is C#CC1(OOC=CO)C(C)=CCCC1(C)C. The van der Waals surface area contributed by atoms with Gasteiger partial charge in [-0.15, -0.1) is 6.42 Å². The summed E-state index contributed by atoms with van der Waals surface area (Å²) in [6.45, 7) is 6.04. The Hall–Kier alpha value is -1.40. The van der Waals surface area contributed by atoms with Crippen molar-refractivity contribution in [2.45, 2.75) is 39.2 Å². The van der Waals surface area contributed by atoms with Crippen molar-refractivity contribution in [1.29, 1.82) is 0 Å². The van der Waals surface area contributed by atoms with E-state index in [1.807, 2.05) is 6.92 Å². The van der Waals surface area contributed by atoms with Gasteiger partial charge in [0.25, 0.3) is 0 Å². The lowest BCUT2D eigenvalue weighted by Crippen LogP contribution is -2.48. The number of hydrogen-bond donors (Lipinski definition) is 1. The molecular weight excluding hydrogens is 204 g/mol. The quantitative estimate of drug-likeness (QED) is 0.262. The molecule has 1 rings (SSSR count). The molecule has 1 aliphatic carbocycles. The number of aliphatic hydroxyl groups excluding tert-OH is 1. The van der Waals surface area contributed by atoms with Gasteiger partial charge in [-0.2, -0.15) is 4.89 Å². The van der Waals surface area contributed by atoms with Gasteiger partial charge < -0.3 is 9.99 Å². The zero-order chi connectivity index (χ0) is 12.2. The van der Waals surface area contributed by atoms with Crippen LogP contribution in [0.3, 0.4) is 0 Å². The van der Waals surface area contributed by atoms with E-state index >= 15 is 0 Å². The molecule has 16 heavy (non-hydrogen) atoms. The van der Waals surface area contributed by atoms with Crippen LogP contribution in [-0.2, 0) is 9.78 Å². The van der Waals surface area contributed by atoms with Crippen LogP contribution in [0, 0.1) is 17.8 Å². The van der Waals surface area contributed by atoms with E-state index in [4.69, 9.17) is 21.3 Å². The maximum Gasteiger partial charge on any atom is 0.200 e. The van der Waals surface area contributed by atoms with Gasteiger partial charge in [0, 0.05) is 5.41 Å². The van der Waals surface area contributed by atoms with Crippen LogP contribution >= 0.6 is 0 Å². The van der Waals surface area contributed by atoms with E-state index in [1.54, 1.807) is 0 Å². The first-order chi connectivity index (χ1) is 7.50. The highest BCUT2D eigenvalue weighted by atomic mass is 17.2. The van der Waals surface area contributed by atoms with Crippen molar-refractivity contribution in [3.05, 3.63) is 24.2 Å². The van der Waals surface area contributed by atoms with Gasteiger partial charge in [-0.3, -0.25) is 0 Å². The third kappa shape index (κ3) is 1.94. The monoisotopic (exact) mass is 222 g/mol. The van der Waals surface area contributed by atoms with Crippen molar-refractivity contribution >= 4 is 0 Å². The highest BCUT2D eigenvalue weighted by Crippen LogP contribution is 2.46. The maximum absolute atomic E-state index is 8.50. The zero-order valence-electron chi connectivity index (χ0n) is 9.99. The molecule has 0 amide bonds. The van der Waals surface area contributed by atoms with Gasteiger partial charge in [-0.1, -0.05) is 25.8 Å². The van der Waals surface area contributed by atoms with Crippen LogP contribution < -0.4 is 0 Å². The molecule has 0 heterocycles. The Balaban J connectivity index is 3.02. The molecule has 0 bridgehead atoms. The van der Waals surface area contributed by atoms with Gasteiger partial charge in [-0.05, 0) is 25.3 Å². The van der Waals surface area contributed by atoms with Crippen LogP contribution in [0.5, 0.6) is 0 Å². The molecule has 0 fully saturated rings. The first-order valence-corrected chi connectivity index (χ1v) is 5.29. The molecule has 0 spiro atoms. The third-order valence-corrected chi connectivity index (χ3v) is 3.22. The van der Waals surface area contributed by atoms with E-state index in [-0.39, 0.29) is 5.41 Å². The lowest BCUT2D eigenvalue weighted by Gasteiger charge is -2.44. The first kappa shape index (κ1) is 12.7. The summed E-state index contributed by atoms with van der Waals surface area (Å²) < 4.78 is 0. The molecule has 88 valence electrons. The third-order valence-electron chi connectivity index (χ3n) is 3.22. The van der Waals surface area contributed by atoms with E-state index in [9.17, 15) is 0 Å². The average molecular weight is 222 g/mol. The van der Waals surface area contributed by atoms with Gasteiger partial charge in [0.1, 0.15) is 6.26 Å². The minimum absolute atomic E-state index is 0.204. The van der Waals surface area contributed by atoms with Crippen LogP contribution in [0.25, 0.3) is 0 Å². The molecular formula is C13H18O3. The van der Waals surface area contributed by atoms with Gasteiger partial charge in [0.2, 0.25) is 5.60 Å². The molecule has 1 unspecified atom stereocenters. The Kier molecular flexibility index (Phi) is 3.66. The summed E-state index contributed by atoms with van der Waals surface area (Å²) in [5.74, 6) is 2.69. The Labute approximate surface area is 96.7 Å². The molecule has 1 atom stereocenters. The Bertz CT molecular complexity index is 347. The fourth-order valence-corrected chi connectivity index (χ4v) is 2.14. The Morgan fingerprint density at radius 3 is 2.75 bits per heavy atom. The predicted molar refractivity (Wildman–Crippen MR) is 62.3 cm³/mol. The van der Waals surface area contributed by atoms with Crippen molar-refractivity contribution in [2.75, 3.05) is 0 Å². The molecule has 1 aliphatic rings. The number of hydrogen-bond acceptors (Lipinski definition) is 3. The molecule has 0 aromatic carbocycles. The molecule has 0 aromatic rings. The highest BCUT2D eigenvalue weighted by Gasteiger charge is 2.49. The maximum atomic E-state index is 8.50. The second-order valence-electron chi connectivity index (χ2n) is 4.60. The largest absolute Gasteiger partial charge is 0.512 e. The number of aliphatic hydroxyl groups is 1. The molecule has 0 radical (unpaired) electrons. The molecule has 0 saturated carbocycles. The molecule has 0 aliphatic heterocycles. The van der Waals surface area contributed by atoms with Crippen LogP contribution in [0.15, 0.2) is 24.2 Å². The molecule has 3 heteroatoms. The van der Waals surface area contributed by atoms with Gasteiger partial charge in [0.05, 0.1) is 0 Å². The molecule has 0 saturated heterocycles. The van der Waals surface area contributed by atoms with E-state index in [1.165, 1.54) is 0 Å². The fraction of sp³-hybridized carbons (Fsp3) is 0.538. The van der Waals surface area contributed by atoms with Crippen molar-refractivity contribution in [3.8, 4) is 12.3 Å². The predicted octanol–water partition coefficient (Wildman–Crippen LogP) is 3.10. The summed E-state index contributed by atoms with van der Waals surface area (Å²) >= 11 is 0. The number of terminal acetylenes is 1. The van der Waals surface area contributed by atoms with Crippen molar-refractivity contribution < 1.29 is 14.9 Å². The summed E-state index contributed by atoms with van der Waals surface area (Å²) in [6, 6.07) is 0. The summed E-state index contributed by atoms with van der Waals surface area (Å²) in [5.41, 5.74) is -0.105. The second-order valence-corrected chi connectivity index (χ2v) is 4.60. The Morgan fingerprint density at radius 1 is 1.56 bits per heavy atom. The second kappa shape index (κ2) is 4.63. The molecule has 1 N–H and O–H groups in total. The van der Waals surface area contributed by atoms with Gasteiger partial charge in [0.15, 0.2) is 6.26 Å². The zero-order valence-corrected chi connectivity index (χ0v) is 9.99. The van der Waals surface area contributed by atoms with Gasteiger partial charge >= 0.3 is 0 Å². The summed E-state index contributed by atoms with van der Waals surface area (Å²) in [4.78, 5) is 10.1. The highest BCUT2D eigenvalue weighted by molar-refractivity contribution is 5.34. The van der Waals surface area contributed by atoms with E-state index < -0.39 is 5.60 Å². The topological polar surface area (TPSA) is 38.7 Å². The standard InChI is InChI=1S/C13H18O3/c1-5-13(16-15-10-9-14)11(2)7-6-8-12(13,3)4/h1,7,9-10,14H,6,8H2,2-4H3. The number of rotatable bonds is 3.